The Bertz CT molecular complexity index is 487. The molecule has 0 amide bonds. The van der Waals surface area contributed by atoms with E-state index >= 15 is 0 Å². The molecule has 3 heteroatoms. The van der Waals surface area contributed by atoms with E-state index in [-0.39, 0.29) is 6.61 Å². The number of piperidine rings is 1. The zero-order valence-corrected chi connectivity index (χ0v) is 12.6. The van der Waals surface area contributed by atoms with Gasteiger partial charge in [0.15, 0.2) is 0 Å². The zero-order valence-electron chi connectivity index (χ0n) is 12.6. The van der Waals surface area contributed by atoms with Crippen LogP contribution in [0.3, 0.4) is 0 Å². The Labute approximate surface area is 127 Å². The van der Waals surface area contributed by atoms with Crippen LogP contribution in [0.5, 0.6) is 0 Å². The second-order valence-corrected chi connectivity index (χ2v) is 5.73. The Hall–Kier alpha value is -1.34. The van der Waals surface area contributed by atoms with Crippen molar-refractivity contribution in [2.45, 2.75) is 32.2 Å². The molecule has 21 heavy (non-hydrogen) atoms. The van der Waals surface area contributed by atoms with Gasteiger partial charge in [-0.1, -0.05) is 24.0 Å². The number of benzene rings is 1. The molecule has 1 aromatic rings. The van der Waals surface area contributed by atoms with Crippen LogP contribution in [-0.2, 0) is 6.54 Å². The van der Waals surface area contributed by atoms with E-state index in [0.717, 1.165) is 31.6 Å². The molecule has 0 aromatic heterocycles. The lowest BCUT2D eigenvalue weighted by Crippen LogP contribution is -2.35. The first-order valence-corrected chi connectivity index (χ1v) is 7.83. The number of hydrogen-bond acceptors (Lipinski definition) is 3. The lowest BCUT2D eigenvalue weighted by molar-refractivity contribution is 0.142. The van der Waals surface area contributed by atoms with Gasteiger partial charge in [-0.3, -0.25) is 4.90 Å². The Balaban J connectivity index is 1.93. The SMILES string of the molecule is OCCC#Cc1cccc(CN2CCCC(CCO)C2)c1. The highest BCUT2D eigenvalue weighted by molar-refractivity contribution is 5.37. The van der Waals surface area contributed by atoms with E-state index in [2.05, 4.69) is 28.9 Å². The molecule has 1 atom stereocenters. The Morgan fingerprint density at radius 1 is 1.24 bits per heavy atom. The fraction of sp³-hybridized carbons (Fsp3) is 0.556. The fourth-order valence-corrected chi connectivity index (χ4v) is 2.94. The van der Waals surface area contributed by atoms with Gasteiger partial charge < -0.3 is 10.2 Å². The van der Waals surface area contributed by atoms with Gasteiger partial charge >= 0.3 is 0 Å². The topological polar surface area (TPSA) is 43.7 Å². The molecule has 3 nitrogen and oxygen atoms in total. The average molecular weight is 287 g/mol. The molecule has 1 fully saturated rings. The normalized spacial score (nSPS) is 19.0. The summed E-state index contributed by atoms with van der Waals surface area (Å²) in [5.41, 5.74) is 2.31. The van der Waals surface area contributed by atoms with E-state index in [1.807, 2.05) is 12.1 Å². The smallest absolute Gasteiger partial charge is 0.0540 e. The molecule has 0 spiro atoms. The van der Waals surface area contributed by atoms with Gasteiger partial charge in [-0.05, 0) is 49.4 Å². The number of hydrogen-bond donors (Lipinski definition) is 2. The number of nitrogens with zero attached hydrogens (tertiary/aromatic N) is 1. The molecule has 1 saturated heterocycles. The Kier molecular flexibility index (Phi) is 6.75. The van der Waals surface area contributed by atoms with Gasteiger partial charge in [0.05, 0.1) is 6.61 Å². The van der Waals surface area contributed by atoms with Crippen LogP contribution in [-0.4, -0.2) is 41.4 Å². The van der Waals surface area contributed by atoms with Crippen molar-refractivity contribution in [2.75, 3.05) is 26.3 Å². The third kappa shape index (κ3) is 5.51. The molecular weight excluding hydrogens is 262 g/mol. The summed E-state index contributed by atoms with van der Waals surface area (Å²) in [6.45, 7) is 3.60. The molecule has 0 saturated carbocycles. The summed E-state index contributed by atoms with van der Waals surface area (Å²) >= 11 is 0. The maximum atomic E-state index is 9.08. The van der Waals surface area contributed by atoms with Gasteiger partial charge in [0.1, 0.15) is 0 Å². The Morgan fingerprint density at radius 3 is 2.95 bits per heavy atom. The van der Waals surface area contributed by atoms with Gasteiger partial charge in [0.2, 0.25) is 0 Å². The largest absolute Gasteiger partial charge is 0.396 e. The minimum absolute atomic E-state index is 0.118. The quantitative estimate of drug-likeness (QED) is 0.814. The molecule has 1 aliphatic rings. The molecule has 1 unspecified atom stereocenters. The van der Waals surface area contributed by atoms with E-state index in [9.17, 15) is 0 Å². The van der Waals surface area contributed by atoms with E-state index in [0.29, 0.717) is 18.9 Å². The minimum Gasteiger partial charge on any atom is -0.396 e. The lowest BCUT2D eigenvalue weighted by atomic mass is 9.95. The van der Waals surface area contributed by atoms with Crippen LogP contribution in [0.1, 0.15) is 36.8 Å². The summed E-state index contributed by atoms with van der Waals surface area (Å²) in [5.74, 6) is 6.69. The minimum atomic E-state index is 0.118. The van der Waals surface area contributed by atoms with Crippen LogP contribution in [0.2, 0.25) is 0 Å². The first kappa shape index (κ1) is 16.0. The van der Waals surface area contributed by atoms with Crippen molar-refractivity contribution in [3.8, 4) is 11.8 Å². The summed E-state index contributed by atoms with van der Waals surface area (Å²) in [7, 11) is 0. The van der Waals surface area contributed by atoms with Crippen LogP contribution in [0.15, 0.2) is 24.3 Å². The highest BCUT2D eigenvalue weighted by Gasteiger charge is 2.19. The molecular formula is C18H25NO2. The standard InChI is InChI=1S/C18H25NO2/c20-11-2-1-5-16-6-3-7-18(13-16)15-19-10-4-8-17(14-19)9-12-21/h3,6-7,13,17,20-21H,2,4,8-12,14-15H2. The van der Waals surface area contributed by atoms with Gasteiger partial charge in [-0.15, -0.1) is 0 Å². The summed E-state index contributed by atoms with van der Waals surface area (Å²) < 4.78 is 0. The third-order valence-electron chi connectivity index (χ3n) is 3.94. The predicted molar refractivity (Wildman–Crippen MR) is 84.7 cm³/mol. The van der Waals surface area contributed by atoms with E-state index in [1.165, 1.54) is 18.4 Å². The van der Waals surface area contributed by atoms with Crippen molar-refractivity contribution in [1.29, 1.82) is 0 Å². The number of rotatable bonds is 5. The van der Waals surface area contributed by atoms with E-state index in [4.69, 9.17) is 10.2 Å². The predicted octanol–water partition coefficient (Wildman–Crippen LogP) is 2.01. The van der Waals surface area contributed by atoms with Crippen LogP contribution in [0.4, 0.5) is 0 Å². The van der Waals surface area contributed by atoms with Crippen molar-refractivity contribution in [3.05, 3.63) is 35.4 Å². The second kappa shape index (κ2) is 8.84. The highest BCUT2D eigenvalue weighted by atomic mass is 16.3. The molecule has 1 aromatic carbocycles. The summed E-state index contributed by atoms with van der Waals surface area (Å²) in [6, 6.07) is 8.35. The maximum Gasteiger partial charge on any atom is 0.0540 e. The molecule has 1 aliphatic heterocycles. The first-order chi connectivity index (χ1) is 10.3. The van der Waals surface area contributed by atoms with E-state index < -0.39 is 0 Å². The van der Waals surface area contributed by atoms with Gasteiger partial charge in [-0.25, -0.2) is 0 Å². The van der Waals surface area contributed by atoms with Crippen molar-refractivity contribution >= 4 is 0 Å². The molecule has 0 bridgehead atoms. The number of likely N-dealkylation sites (tertiary alicyclic amines) is 1. The fourth-order valence-electron chi connectivity index (χ4n) is 2.94. The van der Waals surface area contributed by atoms with Crippen molar-refractivity contribution in [2.24, 2.45) is 5.92 Å². The van der Waals surface area contributed by atoms with Crippen LogP contribution < -0.4 is 0 Å². The van der Waals surface area contributed by atoms with Gasteiger partial charge in [-0.2, -0.15) is 0 Å². The monoisotopic (exact) mass is 287 g/mol. The third-order valence-corrected chi connectivity index (χ3v) is 3.94. The molecule has 114 valence electrons. The van der Waals surface area contributed by atoms with Crippen LogP contribution >= 0.6 is 0 Å². The molecule has 2 rings (SSSR count). The molecule has 0 aliphatic carbocycles. The second-order valence-electron chi connectivity index (χ2n) is 5.73. The van der Waals surface area contributed by atoms with Crippen LogP contribution in [0.25, 0.3) is 0 Å². The maximum absolute atomic E-state index is 9.08. The highest BCUT2D eigenvalue weighted by Crippen LogP contribution is 2.21. The molecule has 0 radical (unpaired) electrons. The Morgan fingerprint density at radius 2 is 2.14 bits per heavy atom. The molecule has 1 heterocycles. The van der Waals surface area contributed by atoms with Gasteiger partial charge in [0.25, 0.3) is 0 Å². The summed E-state index contributed by atoms with van der Waals surface area (Å²) in [5, 5.41) is 17.8. The summed E-state index contributed by atoms with van der Waals surface area (Å²) in [6.07, 6.45) is 3.91. The zero-order chi connectivity index (χ0) is 14.9. The van der Waals surface area contributed by atoms with Crippen molar-refractivity contribution in [3.63, 3.8) is 0 Å². The molecule has 2 N–H and O–H groups in total. The van der Waals surface area contributed by atoms with Crippen LogP contribution in [0, 0.1) is 17.8 Å². The number of aliphatic hydroxyl groups excluding tert-OH is 2. The van der Waals surface area contributed by atoms with E-state index in [1.54, 1.807) is 0 Å². The average Bonchev–Trinajstić information content (AvgIpc) is 2.49. The number of aliphatic hydroxyl groups is 2. The lowest BCUT2D eigenvalue weighted by Gasteiger charge is -2.32. The van der Waals surface area contributed by atoms with Gasteiger partial charge in [0, 0.05) is 31.7 Å². The summed E-state index contributed by atoms with van der Waals surface area (Å²) in [4.78, 5) is 2.48. The van der Waals surface area contributed by atoms with Crippen molar-refractivity contribution in [1.82, 2.24) is 4.90 Å². The van der Waals surface area contributed by atoms with Crippen molar-refractivity contribution < 1.29 is 10.2 Å². The first-order valence-electron chi connectivity index (χ1n) is 7.83.